The summed E-state index contributed by atoms with van der Waals surface area (Å²) in [5.41, 5.74) is 1.77. The summed E-state index contributed by atoms with van der Waals surface area (Å²) in [7, 11) is 0. The number of nitrogens with zero attached hydrogens (tertiary/aromatic N) is 1. The zero-order valence-corrected chi connectivity index (χ0v) is 15.4. The molecule has 1 N–H and O–H groups in total. The van der Waals surface area contributed by atoms with E-state index in [0.29, 0.717) is 17.4 Å². The van der Waals surface area contributed by atoms with Crippen molar-refractivity contribution in [3.8, 4) is 0 Å². The van der Waals surface area contributed by atoms with Crippen LogP contribution in [0.3, 0.4) is 0 Å². The Hall–Kier alpha value is -0.900. The summed E-state index contributed by atoms with van der Waals surface area (Å²) in [6, 6.07) is 11.1. The molecule has 3 aliphatic rings. The molecule has 2 aliphatic carbocycles. The molecule has 3 heteroatoms. The second-order valence-corrected chi connectivity index (χ2v) is 8.66. The predicted octanol–water partition coefficient (Wildman–Crippen LogP) is 4.00. The average Bonchev–Trinajstić information content (AvgIpc) is 3.29. The van der Waals surface area contributed by atoms with Gasteiger partial charge >= 0.3 is 0 Å². The molecule has 25 heavy (non-hydrogen) atoms. The minimum Gasteiger partial charge on any atom is -0.393 e. The molecule has 1 spiro atoms. The van der Waals surface area contributed by atoms with Gasteiger partial charge in [0.15, 0.2) is 0 Å². The highest BCUT2D eigenvalue weighted by Gasteiger charge is 2.48. The van der Waals surface area contributed by atoms with Crippen molar-refractivity contribution in [3.05, 3.63) is 35.9 Å². The predicted molar refractivity (Wildman–Crippen MR) is 100 cm³/mol. The van der Waals surface area contributed by atoms with E-state index in [1.807, 2.05) is 0 Å². The van der Waals surface area contributed by atoms with Crippen LogP contribution in [0.25, 0.3) is 0 Å². The van der Waals surface area contributed by atoms with Crippen molar-refractivity contribution >= 4 is 0 Å². The standard InChI is InChI=1S/C22H33NO2/c24-20-8-12-22(10-4-5-11-22)21(14-20)23-13-9-19(15-23)17-25-16-18-6-2-1-3-7-18/h1-3,6-7,19-21,24H,4-5,8-17H2. The van der Waals surface area contributed by atoms with Gasteiger partial charge in [0.2, 0.25) is 0 Å². The van der Waals surface area contributed by atoms with E-state index in [1.54, 1.807) is 0 Å². The summed E-state index contributed by atoms with van der Waals surface area (Å²) in [6.45, 7) is 3.95. The lowest BCUT2D eigenvalue weighted by atomic mass is 9.67. The van der Waals surface area contributed by atoms with E-state index >= 15 is 0 Å². The molecule has 1 aliphatic heterocycles. The maximum atomic E-state index is 10.3. The number of aliphatic hydroxyl groups excluding tert-OH is 1. The molecule has 1 aromatic rings. The summed E-state index contributed by atoms with van der Waals surface area (Å²) >= 11 is 0. The fourth-order valence-electron chi connectivity index (χ4n) is 5.64. The largest absolute Gasteiger partial charge is 0.393 e. The number of benzene rings is 1. The van der Waals surface area contributed by atoms with Crippen molar-refractivity contribution in [2.75, 3.05) is 19.7 Å². The summed E-state index contributed by atoms with van der Waals surface area (Å²) in [5, 5.41) is 10.3. The molecule has 0 aromatic heterocycles. The number of aliphatic hydroxyl groups is 1. The highest BCUT2D eigenvalue weighted by molar-refractivity contribution is 5.13. The van der Waals surface area contributed by atoms with E-state index in [-0.39, 0.29) is 6.10 Å². The van der Waals surface area contributed by atoms with Crippen LogP contribution in [0.5, 0.6) is 0 Å². The van der Waals surface area contributed by atoms with Gasteiger partial charge in [-0.1, -0.05) is 43.2 Å². The van der Waals surface area contributed by atoms with Crippen LogP contribution in [0.15, 0.2) is 30.3 Å². The smallest absolute Gasteiger partial charge is 0.0717 e. The number of hydrogen-bond acceptors (Lipinski definition) is 3. The van der Waals surface area contributed by atoms with Crippen molar-refractivity contribution in [2.24, 2.45) is 11.3 Å². The second-order valence-electron chi connectivity index (χ2n) is 8.66. The average molecular weight is 344 g/mol. The Morgan fingerprint density at radius 2 is 1.88 bits per heavy atom. The molecule has 3 nitrogen and oxygen atoms in total. The molecular formula is C22H33NO2. The number of rotatable bonds is 5. The first-order chi connectivity index (χ1) is 12.3. The third kappa shape index (κ3) is 3.94. The van der Waals surface area contributed by atoms with E-state index in [9.17, 15) is 5.11 Å². The van der Waals surface area contributed by atoms with Gasteiger partial charge in [-0.3, -0.25) is 4.90 Å². The van der Waals surface area contributed by atoms with Gasteiger partial charge in [-0.05, 0) is 62.0 Å². The van der Waals surface area contributed by atoms with E-state index in [1.165, 1.54) is 50.6 Å². The molecule has 0 radical (unpaired) electrons. The Morgan fingerprint density at radius 1 is 1.08 bits per heavy atom. The Morgan fingerprint density at radius 3 is 2.68 bits per heavy atom. The first-order valence-corrected chi connectivity index (χ1v) is 10.3. The van der Waals surface area contributed by atoms with Gasteiger partial charge in [0.1, 0.15) is 0 Å². The monoisotopic (exact) mass is 343 g/mol. The Balaban J connectivity index is 1.30. The van der Waals surface area contributed by atoms with Crippen molar-refractivity contribution in [1.82, 2.24) is 4.90 Å². The third-order valence-electron chi connectivity index (χ3n) is 7.00. The summed E-state index contributed by atoms with van der Waals surface area (Å²) in [4.78, 5) is 2.71. The first-order valence-electron chi connectivity index (χ1n) is 10.3. The molecule has 3 fully saturated rings. The molecule has 0 amide bonds. The zero-order valence-electron chi connectivity index (χ0n) is 15.4. The molecule has 3 atom stereocenters. The fourth-order valence-corrected chi connectivity index (χ4v) is 5.64. The fraction of sp³-hybridized carbons (Fsp3) is 0.727. The molecule has 138 valence electrons. The zero-order chi connectivity index (χ0) is 17.1. The summed E-state index contributed by atoms with van der Waals surface area (Å²) < 4.78 is 6.00. The van der Waals surface area contributed by atoms with Gasteiger partial charge in [0.05, 0.1) is 19.3 Å². The lowest BCUT2D eigenvalue weighted by molar-refractivity contribution is -0.0208. The maximum Gasteiger partial charge on any atom is 0.0717 e. The highest BCUT2D eigenvalue weighted by Crippen LogP contribution is 2.51. The highest BCUT2D eigenvalue weighted by atomic mass is 16.5. The van der Waals surface area contributed by atoms with Crippen molar-refractivity contribution < 1.29 is 9.84 Å². The van der Waals surface area contributed by atoms with Crippen LogP contribution in [0, 0.1) is 11.3 Å². The first kappa shape index (κ1) is 17.5. The third-order valence-corrected chi connectivity index (χ3v) is 7.00. The Bertz CT molecular complexity index is 540. The van der Waals surface area contributed by atoms with Crippen LogP contribution in [-0.2, 0) is 11.3 Å². The molecule has 0 bridgehead atoms. The van der Waals surface area contributed by atoms with Crippen LogP contribution < -0.4 is 0 Å². The molecular weight excluding hydrogens is 310 g/mol. The number of hydrogen-bond donors (Lipinski definition) is 1. The van der Waals surface area contributed by atoms with Gasteiger partial charge < -0.3 is 9.84 Å². The number of ether oxygens (including phenoxy) is 1. The minimum absolute atomic E-state index is 0.0791. The van der Waals surface area contributed by atoms with E-state index in [4.69, 9.17) is 4.74 Å². The Labute approximate surface area is 152 Å². The van der Waals surface area contributed by atoms with E-state index in [0.717, 1.165) is 32.6 Å². The summed E-state index contributed by atoms with van der Waals surface area (Å²) in [5.74, 6) is 0.654. The Kier molecular flexibility index (Phi) is 5.44. The molecule has 2 saturated carbocycles. The lowest BCUT2D eigenvalue weighted by Crippen LogP contribution is -2.50. The SMILES string of the molecule is OC1CCC2(CCCC2)C(N2CCC(COCc3ccccc3)C2)C1. The molecule has 1 aromatic carbocycles. The van der Waals surface area contributed by atoms with Gasteiger partial charge in [-0.25, -0.2) is 0 Å². The van der Waals surface area contributed by atoms with Crippen LogP contribution in [0.1, 0.15) is 56.9 Å². The van der Waals surface area contributed by atoms with Gasteiger partial charge in [-0.2, -0.15) is 0 Å². The van der Waals surface area contributed by atoms with Crippen LogP contribution in [-0.4, -0.2) is 41.8 Å². The van der Waals surface area contributed by atoms with Crippen LogP contribution in [0.4, 0.5) is 0 Å². The van der Waals surface area contributed by atoms with Crippen molar-refractivity contribution in [1.29, 1.82) is 0 Å². The number of likely N-dealkylation sites (tertiary alicyclic amines) is 1. The molecule has 1 heterocycles. The van der Waals surface area contributed by atoms with E-state index < -0.39 is 0 Å². The maximum absolute atomic E-state index is 10.3. The van der Waals surface area contributed by atoms with Crippen LogP contribution in [0.2, 0.25) is 0 Å². The normalized spacial score (nSPS) is 32.4. The summed E-state index contributed by atoms with van der Waals surface area (Å²) in [6.07, 6.45) is 9.98. The topological polar surface area (TPSA) is 32.7 Å². The van der Waals surface area contributed by atoms with Gasteiger partial charge in [0, 0.05) is 12.6 Å². The van der Waals surface area contributed by atoms with Crippen molar-refractivity contribution in [3.63, 3.8) is 0 Å². The van der Waals surface area contributed by atoms with Crippen molar-refractivity contribution in [2.45, 2.75) is 70.1 Å². The lowest BCUT2D eigenvalue weighted by Gasteiger charge is -2.48. The second kappa shape index (κ2) is 7.77. The molecule has 4 rings (SSSR count). The molecule has 1 saturated heterocycles. The minimum atomic E-state index is -0.0791. The quantitative estimate of drug-likeness (QED) is 0.877. The molecule has 3 unspecified atom stereocenters. The van der Waals surface area contributed by atoms with Gasteiger partial charge in [0.25, 0.3) is 0 Å². The van der Waals surface area contributed by atoms with Gasteiger partial charge in [-0.15, -0.1) is 0 Å². The van der Waals surface area contributed by atoms with E-state index in [2.05, 4.69) is 35.2 Å². The van der Waals surface area contributed by atoms with Crippen LogP contribution >= 0.6 is 0 Å².